The molecule has 2 aromatic heterocycles. The fourth-order valence-electron chi connectivity index (χ4n) is 2.38. The van der Waals surface area contributed by atoms with Gasteiger partial charge in [0.2, 0.25) is 0 Å². The van der Waals surface area contributed by atoms with Crippen molar-refractivity contribution < 1.29 is 4.79 Å². The molecule has 0 saturated carbocycles. The smallest absolute Gasteiger partial charge is 0.271 e. The number of amides is 1. The maximum atomic E-state index is 12.1. The van der Waals surface area contributed by atoms with Gasteiger partial charge in [-0.1, -0.05) is 17.7 Å². The van der Waals surface area contributed by atoms with Gasteiger partial charge in [-0.25, -0.2) is 9.97 Å². The predicted molar refractivity (Wildman–Crippen MR) is 96.6 cm³/mol. The molecule has 1 amide bonds. The first-order valence-corrected chi connectivity index (χ1v) is 7.95. The lowest BCUT2D eigenvalue weighted by atomic mass is 10.1. The van der Waals surface area contributed by atoms with E-state index in [1.54, 1.807) is 18.6 Å². The zero-order chi connectivity index (χ0) is 17.6. The van der Waals surface area contributed by atoms with Gasteiger partial charge < -0.3 is 10.6 Å². The van der Waals surface area contributed by atoms with E-state index >= 15 is 0 Å². The average molecular weight is 333 g/mol. The molecule has 1 aromatic carbocycles. The number of hydrogen-bond acceptors (Lipinski definition) is 5. The van der Waals surface area contributed by atoms with Crippen molar-refractivity contribution in [2.75, 3.05) is 5.32 Å². The molecule has 0 bridgehead atoms. The van der Waals surface area contributed by atoms with Gasteiger partial charge in [-0.05, 0) is 43.2 Å². The third-order valence-corrected chi connectivity index (χ3v) is 3.73. The van der Waals surface area contributed by atoms with Crippen LogP contribution in [0.3, 0.4) is 0 Å². The van der Waals surface area contributed by atoms with E-state index in [1.807, 2.05) is 31.2 Å². The summed E-state index contributed by atoms with van der Waals surface area (Å²) in [5.74, 6) is 0.333. The van der Waals surface area contributed by atoms with Crippen LogP contribution in [0, 0.1) is 13.8 Å². The zero-order valence-corrected chi connectivity index (χ0v) is 14.2. The quantitative estimate of drug-likeness (QED) is 0.750. The van der Waals surface area contributed by atoms with E-state index in [-0.39, 0.29) is 11.6 Å². The Morgan fingerprint density at radius 1 is 1.04 bits per heavy atom. The number of pyridine rings is 1. The second-order valence-corrected chi connectivity index (χ2v) is 5.77. The van der Waals surface area contributed by atoms with E-state index in [0.717, 1.165) is 16.8 Å². The third kappa shape index (κ3) is 4.38. The molecule has 0 saturated heterocycles. The molecular weight excluding hydrogens is 314 g/mol. The Morgan fingerprint density at radius 2 is 1.84 bits per heavy atom. The lowest BCUT2D eigenvalue weighted by Gasteiger charge is -2.10. The number of aromatic nitrogens is 3. The second-order valence-electron chi connectivity index (χ2n) is 5.77. The summed E-state index contributed by atoms with van der Waals surface area (Å²) >= 11 is 0. The molecule has 0 fully saturated rings. The summed E-state index contributed by atoms with van der Waals surface area (Å²) in [5.41, 5.74) is 4.55. The van der Waals surface area contributed by atoms with Gasteiger partial charge in [0.25, 0.3) is 5.91 Å². The van der Waals surface area contributed by atoms with Crippen molar-refractivity contribution in [3.05, 3.63) is 77.5 Å². The van der Waals surface area contributed by atoms with Gasteiger partial charge in [0.05, 0.1) is 12.4 Å². The van der Waals surface area contributed by atoms with Crippen LogP contribution in [0.4, 0.5) is 11.5 Å². The lowest BCUT2D eigenvalue weighted by Crippen LogP contribution is -2.24. The van der Waals surface area contributed by atoms with Crippen LogP contribution in [0.1, 0.15) is 27.2 Å². The molecule has 25 heavy (non-hydrogen) atoms. The minimum atomic E-state index is -0.262. The molecule has 3 rings (SSSR count). The first-order valence-electron chi connectivity index (χ1n) is 7.95. The molecule has 2 heterocycles. The monoisotopic (exact) mass is 333 g/mol. The van der Waals surface area contributed by atoms with Crippen molar-refractivity contribution in [3.8, 4) is 0 Å². The van der Waals surface area contributed by atoms with Crippen molar-refractivity contribution in [3.63, 3.8) is 0 Å². The SMILES string of the molecule is Cc1ccc(Nc2cnc(C(=O)NCc3ccncc3)cn2)c(C)c1. The number of rotatable bonds is 5. The molecule has 0 aliphatic rings. The Balaban J connectivity index is 1.62. The maximum Gasteiger partial charge on any atom is 0.271 e. The normalized spacial score (nSPS) is 10.3. The molecular formula is C19H19N5O. The molecule has 2 N–H and O–H groups in total. The highest BCUT2D eigenvalue weighted by Crippen LogP contribution is 2.19. The molecule has 6 heteroatoms. The minimum absolute atomic E-state index is 0.262. The Bertz CT molecular complexity index is 863. The van der Waals surface area contributed by atoms with E-state index < -0.39 is 0 Å². The Labute approximate surface area is 146 Å². The number of hydrogen-bond donors (Lipinski definition) is 2. The summed E-state index contributed by atoms with van der Waals surface area (Å²) in [6.07, 6.45) is 6.40. The molecule has 126 valence electrons. The van der Waals surface area contributed by atoms with Crippen LogP contribution < -0.4 is 10.6 Å². The van der Waals surface area contributed by atoms with Crippen LogP contribution >= 0.6 is 0 Å². The largest absolute Gasteiger partial charge is 0.347 e. The molecule has 0 radical (unpaired) electrons. The van der Waals surface area contributed by atoms with E-state index in [4.69, 9.17) is 0 Å². The number of carbonyl (C=O) groups is 1. The van der Waals surface area contributed by atoms with Gasteiger partial charge in [-0.3, -0.25) is 9.78 Å². The molecule has 0 aliphatic heterocycles. The molecule has 6 nitrogen and oxygen atoms in total. The molecule has 3 aromatic rings. The van der Waals surface area contributed by atoms with Gasteiger partial charge in [0.15, 0.2) is 0 Å². The van der Waals surface area contributed by atoms with Gasteiger partial charge in [0.1, 0.15) is 11.5 Å². The van der Waals surface area contributed by atoms with E-state index in [9.17, 15) is 4.79 Å². The summed E-state index contributed by atoms with van der Waals surface area (Å²) in [6, 6.07) is 9.83. The molecule has 0 unspecified atom stereocenters. The van der Waals surface area contributed by atoms with E-state index in [0.29, 0.717) is 12.4 Å². The Kier molecular flexibility index (Phi) is 4.99. The minimum Gasteiger partial charge on any atom is -0.347 e. The van der Waals surface area contributed by atoms with Gasteiger partial charge >= 0.3 is 0 Å². The number of nitrogens with zero attached hydrogens (tertiary/aromatic N) is 3. The summed E-state index contributed by atoms with van der Waals surface area (Å²) in [4.78, 5) is 24.5. The van der Waals surface area contributed by atoms with Crippen LogP contribution in [0.15, 0.2) is 55.1 Å². The second kappa shape index (κ2) is 7.53. The van der Waals surface area contributed by atoms with Gasteiger partial charge in [-0.15, -0.1) is 0 Å². The zero-order valence-electron chi connectivity index (χ0n) is 14.2. The molecule has 0 spiro atoms. The third-order valence-electron chi connectivity index (χ3n) is 3.73. The Hall–Kier alpha value is -3.28. The first-order chi connectivity index (χ1) is 12.1. The van der Waals surface area contributed by atoms with Crippen molar-refractivity contribution >= 4 is 17.4 Å². The number of aryl methyl sites for hydroxylation is 2. The Morgan fingerprint density at radius 3 is 2.52 bits per heavy atom. The molecule has 0 aliphatic carbocycles. The summed E-state index contributed by atoms with van der Waals surface area (Å²) in [6.45, 7) is 4.51. The number of benzene rings is 1. The number of carbonyl (C=O) groups excluding carboxylic acids is 1. The van der Waals surface area contributed by atoms with Crippen molar-refractivity contribution in [2.45, 2.75) is 20.4 Å². The van der Waals surface area contributed by atoms with Crippen molar-refractivity contribution in [1.82, 2.24) is 20.3 Å². The maximum absolute atomic E-state index is 12.1. The summed E-state index contributed by atoms with van der Waals surface area (Å²) < 4.78 is 0. The highest BCUT2D eigenvalue weighted by Gasteiger charge is 2.08. The fourth-order valence-corrected chi connectivity index (χ4v) is 2.38. The fraction of sp³-hybridized carbons (Fsp3) is 0.158. The summed E-state index contributed by atoms with van der Waals surface area (Å²) in [5, 5.41) is 6.02. The van der Waals surface area contributed by atoms with Crippen molar-refractivity contribution in [2.24, 2.45) is 0 Å². The first kappa shape index (κ1) is 16.6. The highest BCUT2D eigenvalue weighted by molar-refractivity contribution is 5.92. The predicted octanol–water partition coefficient (Wildman–Crippen LogP) is 3.16. The highest BCUT2D eigenvalue weighted by atomic mass is 16.1. The van der Waals surface area contributed by atoms with Crippen LogP contribution in [0.2, 0.25) is 0 Å². The van der Waals surface area contributed by atoms with E-state index in [2.05, 4.69) is 38.6 Å². The van der Waals surface area contributed by atoms with Gasteiger partial charge in [0, 0.05) is 24.6 Å². The average Bonchev–Trinajstić information content (AvgIpc) is 2.63. The van der Waals surface area contributed by atoms with Crippen molar-refractivity contribution in [1.29, 1.82) is 0 Å². The van der Waals surface area contributed by atoms with Crippen LogP contribution in [0.5, 0.6) is 0 Å². The standard InChI is InChI=1S/C19H19N5O/c1-13-3-4-16(14(2)9-13)24-18-12-21-17(11-22-18)19(25)23-10-15-5-7-20-8-6-15/h3-9,11-12H,10H2,1-2H3,(H,22,24)(H,23,25). The topological polar surface area (TPSA) is 79.8 Å². The lowest BCUT2D eigenvalue weighted by molar-refractivity contribution is 0.0945. The van der Waals surface area contributed by atoms with Crippen LogP contribution in [-0.4, -0.2) is 20.9 Å². The van der Waals surface area contributed by atoms with Crippen LogP contribution in [0.25, 0.3) is 0 Å². The van der Waals surface area contributed by atoms with E-state index in [1.165, 1.54) is 11.8 Å². The van der Waals surface area contributed by atoms with Crippen LogP contribution in [-0.2, 0) is 6.54 Å². The van der Waals surface area contributed by atoms with Gasteiger partial charge in [-0.2, -0.15) is 0 Å². The number of anilines is 2. The molecule has 0 atom stereocenters. The number of nitrogens with one attached hydrogen (secondary N) is 2. The summed E-state index contributed by atoms with van der Waals surface area (Å²) in [7, 11) is 0.